The number of fused-ring (bicyclic) bond motifs is 3. The molecule has 1 aromatic rings. The third-order valence-electron chi connectivity index (χ3n) is 3.35. The highest BCUT2D eigenvalue weighted by atomic mass is 16.5. The van der Waals surface area contributed by atoms with Crippen LogP contribution in [-0.2, 0) is 9.53 Å². The van der Waals surface area contributed by atoms with Gasteiger partial charge in [0, 0.05) is 25.3 Å². The molecule has 96 valence electrons. The lowest BCUT2D eigenvalue weighted by atomic mass is 9.93. The Hall–Kier alpha value is -1.82. The predicted molar refractivity (Wildman–Crippen MR) is 68.0 cm³/mol. The highest BCUT2D eigenvalue weighted by molar-refractivity contribution is 6.14. The second-order valence-corrected chi connectivity index (χ2v) is 4.73. The van der Waals surface area contributed by atoms with Crippen LogP contribution >= 0.6 is 0 Å². The van der Waals surface area contributed by atoms with Gasteiger partial charge in [0.1, 0.15) is 5.82 Å². The van der Waals surface area contributed by atoms with Gasteiger partial charge in [-0.3, -0.25) is 9.79 Å². The molecule has 0 aromatic carbocycles. The largest absolute Gasteiger partial charge is 0.382 e. The first-order valence-electron chi connectivity index (χ1n) is 7.25. The molecule has 3 heterocycles. The lowest BCUT2D eigenvalue weighted by Gasteiger charge is -2.36. The number of amides is 1. The zero-order chi connectivity index (χ0) is 15.3. The Morgan fingerprint density at radius 1 is 1.72 bits per heavy atom. The number of nitrogens with zero attached hydrogens (tertiary/aromatic N) is 1. The average molecular weight is 251 g/mol. The van der Waals surface area contributed by atoms with Crippen molar-refractivity contribution in [2.75, 3.05) is 25.5 Å². The molecule has 1 aromatic heterocycles. The highest BCUT2D eigenvalue weighted by Gasteiger charge is 2.42. The maximum atomic E-state index is 12.2. The van der Waals surface area contributed by atoms with Gasteiger partial charge in [-0.15, -0.1) is 0 Å². The van der Waals surface area contributed by atoms with Crippen LogP contribution in [0.15, 0.2) is 17.3 Å². The molecule has 18 heavy (non-hydrogen) atoms. The van der Waals surface area contributed by atoms with E-state index in [0.29, 0.717) is 6.54 Å². The molecule has 0 radical (unpaired) electrons. The first kappa shape index (κ1) is 8.31. The molecular formula is C12H16N4O2. The van der Waals surface area contributed by atoms with Gasteiger partial charge in [0.25, 0.3) is 5.91 Å². The van der Waals surface area contributed by atoms with Crippen molar-refractivity contribution in [3.05, 3.63) is 17.8 Å². The van der Waals surface area contributed by atoms with E-state index in [1.54, 1.807) is 13.1 Å². The van der Waals surface area contributed by atoms with Gasteiger partial charge in [-0.25, -0.2) is 0 Å². The number of carbonyl (C=O) groups excluding carboxylic acids is 1. The molecule has 2 aliphatic heterocycles. The van der Waals surface area contributed by atoms with E-state index in [0.717, 1.165) is 17.1 Å². The van der Waals surface area contributed by atoms with Crippen LogP contribution in [0.25, 0.3) is 0 Å². The first-order valence-corrected chi connectivity index (χ1v) is 5.75. The molecule has 0 bridgehead atoms. The number of aromatic amines is 1. The summed E-state index contributed by atoms with van der Waals surface area (Å²) in [6, 6.07) is 1.65. The van der Waals surface area contributed by atoms with Gasteiger partial charge < -0.3 is 20.4 Å². The molecule has 1 amide bonds. The van der Waals surface area contributed by atoms with Gasteiger partial charge in [-0.05, 0) is 13.0 Å². The molecule has 2 atom stereocenters. The Labute approximate surface area is 109 Å². The molecule has 2 aliphatic rings. The van der Waals surface area contributed by atoms with Crippen molar-refractivity contribution in [2.45, 2.75) is 18.5 Å². The van der Waals surface area contributed by atoms with E-state index in [2.05, 4.69) is 20.6 Å². The number of aliphatic imine (C=N–C) groups is 1. The maximum Gasteiger partial charge on any atom is 0.250 e. The quantitative estimate of drug-likeness (QED) is 0.699. The minimum absolute atomic E-state index is 0.221. The Balaban J connectivity index is 1.93. The standard InChI is InChI=1S/C12H16N4O2/c1-12(6-18-2)11(17)15-8-5-14-10-7(3-4-13-10)9(8)16-12/h3-4,8,13-14H,5-6H2,1-2H3,(H,15,17)/i2D3. The van der Waals surface area contributed by atoms with E-state index < -0.39 is 12.6 Å². The summed E-state index contributed by atoms with van der Waals surface area (Å²) in [6.07, 6.45) is 1.79. The summed E-state index contributed by atoms with van der Waals surface area (Å²) < 4.78 is 26.1. The van der Waals surface area contributed by atoms with E-state index in [1.807, 2.05) is 6.07 Å². The normalized spacial score (nSPS) is 32.9. The molecule has 6 nitrogen and oxygen atoms in total. The highest BCUT2D eigenvalue weighted by Crippen LogP contribution is 2.27. The van der Waals surface area contributed by atoms with Crippen LogP contribution in [0.4, 0.5) is 5.82 Å². The number of H-pyrrole nitrogens is 1. The maximum absolute atomic E-state index is 12.2. The fourth-order valence-corrected chi connectivity index (χ4v) is 2.34. The molecule has 6 heteroatoms. The molecule has 0 aliphatic carbocycles. The number of methoxy groups -OCH3 is 1. The van der Waals surface area contributed by atoms with Gasteiger partial charge in [0.2, 0.25) is 0 Å². The number of anilines is 1. The monoisotopic (exact) mass is 251 g/mol. The Bertz CT molecular complexity index is 610. The topological polar surface area (TPSA) is 78.5 Å². The summed E-state index contributed by atoms with van der Waals surface area (Å²) in [4.78, 5) is 19.8. The molecule has 2 unspecified atom stereocenters. The summed E-state index contributed by atoms with van der Waals surface area (Å²) >= 11 is 0. The SMILES string of the molecule is [2H]C([2H])([2H])OCC1(C)N=C2c3cc[nH]c3NCC2NC1=O. The minimum atomic E-state index is -2.55. The molecular weight excluding hydrogens is 232 g/mol. The summed E-state index contributed by atoms with van der Waals surface area (Å²) in [7, 11) is -2.55. The zero-order valence-electron chi connectivity index (χ0n) is 12.9. The average Bonchev–Trinajstić information content (AvgIpc) is 2.86. The lowest BCUT2D eigenvalue weighted by molar-refractivity contribution is -0.128. The van der Waals surface area contributed by atoms with Crippen molar-refractivity contribution in [2.24, 2.45) is 4.99 Å². The van der Waals surface area contributed by atoms with Crippen LogP contribution in [0, 0.1) is 0 Å². The lowest BCUT2D eigenvalue weighted by Crippen LogP contribution is -2.60. The summed E-state index contributed by atoms with van der Waals surface area (Å²) in [5.41, 5.74) is 0.374. The van der Waals surface area contributed by atoms with Crippen LogP contribution in [-0.4, -0.2) is 48.4 Å². The smallest absolute Gasteiger partial charge is 0.250 e. The fourth-order valence-electron chi connectivity index (χ4n) is 2.34. The van der Waals surface area contributed by atoms with E-state index >= 15 is 0 Å². The van der Waals surface area contributed by atoms with Crippen molar-refractivity contribution >= 4 is 17.4 Å². The zero-order valence-corrected chi connectivity index (χ0v) is 9.91. The summed E-state index contributed by atoms with van der Waals surface area (Å²) in [5.74, 6) is 0.515. The van der Waals surface area contributed by atoms with Crippen molar-refractivity contribution in [3.63, 3.8) is 0 Å². The fraction of sp³-hybridized carbons (Fsp3) is 0.500. The Morgan fingerprint density at radius 3 is 3.44 bits per heavy atom. The predicted octanol–water partition coefficient (Wildman–Crippen LogP) is 0.133. The number of aromatic nitrogens is 1. The van der Waals surface area contributed by atoms with Crippen LogP contribution in [0.3, 0.4) is 0 Å². The van der Waals surface area contributed by atoms with Crippen LogP contribution in [0.5, 0.6) is 0 Å². The number of rotatable bonds is 2. The van der Waals surface area contributed by atoms with E-state index in [4.69, 9.17) is 8.85 Å². The third-order valence-corrected chi connectivity index (χ3v) is 3.35. The molecule has 0 fully saturated rings. The number of carbonyl (C=O) groups is 1. The second kappa shape index (κ2) is 3.84. The van der Waals surface area contributed by atoms with E-state index in [-0.39, 0.29) is 18.6 Å². The van der Waals surface area contributed by atoms with Gasteiger partial charge in [0.05, 0.1) is 22.5 Å². The minimum Gasteiger partial charge on any atom is -0.382 e. The molecule has 0 saturated heterocycles. The summed E-state index contributed by atoms with van der Waals surface area (Å²) in [5, 5.41) is 6.04. The molecule has 0 saturated carbocycles. The van der Waals surface area contributed by atoms with E-state index in [9.17, 15) is 4.79 Å². The Kier molecular flexibility index (Phi) is 1.77. The second-order valence-electron chi connectivity index (χ2n) is 4.73. The summed E-state index contributed by atoms with van der Waals surface area (Å²) in [6.45, 7) is 1.82. The molecule has 0 spiro atoms. The first-order chi connectivity index (χ1) is 9.78. The van der Waals surface area contributed by atoms with Crippen molar-refractivity contribution < 1.29 is 13.6 Å². The number of hydrogen-bond acceptors (Lipinski definition) is 4. The number of hydrogen-bond donors (Lipinski definition) is 3. The molecule has 3 rings (SSSR count). The van der Waals surface area contributed by atoms with E-state index in [1.165, 1.54) is 0 Å². The number of ether oxygens (including phenoxy) is 1. The van der Waals surface area contributed by atoms with Gasteiger partial charge in [-0.1, -0.05) is 0 Å². The number of nitrogens with one attached hydrogen (secondary N) is 3. The van der Waals surface area contributed by atoms with Crippen LogP contribution < -0.4 is 10.6 Å². The third kappa shape index (κ3) is 1.53. The van der Waals surface area contributed by atoms with Crippen LogP contribution in [0.1, 0.15) is 16.6 Å². The van der Waals surface area contributed by atoms with Gasteiger partial charge >= 0.3 is 0 Å². The van der Waals surface area contributed by atoms with Crippen LogP contribution in [0.2, 0.25) is 0 Å². The van der Waals surface area contributed by atoms with Crippen molar-refractivity contribution in [3.8, 4) is 0 Å². The van der Waals surface area contributed by atoms with Crippen molar-refractivity contribution in [1.29, 1.82) is 0 Å². The Morgan fingerprint density at radius 2 is 2.61 bits per heavy atom. The van der Waals surface area contributed by atoms with Gasteiger partial charge in [-0.2, -0.15) is 0 Å². The molecule has 3 N–H and O–H groups in total. The van der Waals surface area contributed by atoms with Gasteiger partial charge in [0.15, 0.2) is 5.54 Å². The van der Waals surface area contributed by atoms with Crippen molar-refractivity contribution in [1.82, 2.24) is 10.3 Å².